The Hall–Kier alpha value is -1.51. The molecule has 27 heavy (non-hydrogen) atoms. The highest BCUT2D eigenvalue weighted by atomic mass is 32.2. The first-order valence-corrected chi connectivity index (χ1v) is 10.4. The maximum absolute atomic E-state index is 13.9. The molecule has 1 heterocycles. The second-order valence-electron chi connectivity index (χ2n) is 7.98. The number of nitrogens with zero attached hydrogens (tertiary/aromatic N) is 1. The molecule has 1 aromatic rings. The molecular formula is C19H30FN3O3S. The summed E-state index contributed by atoms with van der Waals surface area (Å²) in [5, 5.41) is 0. The zero-order valence-corrected chi connectivity index (χ0v) is 17.3. The number of nitrogens with two attached hydrogens (primary N) is 1. The average molecular weight is 400 g/mol. The average Bonchev–Trinajstić information content (AvgIpc) is 2.59. The topological polar surface area (TPSA) is 90.7 Å². The number of nitrogens with one attached hydrogen (secondary N) is 1. The number of anilines is 1. The standard InChI is InChI=1S/C19H30FN3O3S/c1-13(22-27(25)19(2,3)4)16-11-15(20)5-6-17(16)23-9-7-14(8-10-23)12-26-18(21)24/h5-6,11,13-14,22H,7-10,12H2,1-4H3,(H2,21,24)/t13?,27-/m1/s1. The summed E-state index contributed by atoms with van der Waals surface area (Å²) in [4.78, 5) is 13.0. The van der Waals surface area contributed by atoms with Crippen LogP contribution in [0.2, 0.25) is 0 Å². The van der Waals surface area contributed by atoms with Crippen molar-refractivity contribution in [1.29, 1.82) is 0 Å². The van der Waals surface area contributed by atoms with Crippen LogP contribution in [0.5, 0.6) is 0 Å². The summed E-state index contributed by atoms with van der Waals surface area (Å²) in [5.74, 6) is -0.0322. The second-order valence-corrected chi connectivity index (χ2v) is 9.98. The van der Waals surface area contributed by atoms with Crippen molar-refractivity contribution >= 4 is 23.1 Å². The van der Waals surface area contributed by atoms with Crippen LogP contribution in [0.3, 0.4) is 0 Å². The van der Waals surface area contributed by atoms with Crippen LogP contribution < -0.4 is 15.4 Å². The van der Waals surface area contributed by atoms with Gasteiger partial charge in [0.15, 0.2) is 0 Å². The van der Waals surface area contributed by atoms with Gasteiger partial charge in [0, 0.05) is 30.1 Å². The second kappa shape index (κ2) is 9.12. The number of hydrogen-bond acceptors (Lipinski definition) is 5. The van der Waals surface area contributed by atoms with Crippen LogP contribution in [0.1, 0.15) is 52.1 Å². The number of carbonyl (C=O) groups is 1. The summed E-state index contributed by atoms with van der Waals surface area (Å²) in [6.45, 7) is 9.48. The van der Waals surface area contributed by atoms with Gasteiger partial charge >= 0.3 is 6.09 Å². The van der Waals surface area contributed by atoms with E-state index in [4.69, 9.17) is 10.5 Å². The lowest BCUT2D eigenvalue weighted by Crippen LogP contribution is -2.41. The van der Waals surface area contributed by atoms with Gasteiger partial charge in [-0.2, -0.15) is 0 Å². The van der Waals surface area contributed by atoms with Gasteiger partial charge in [-0.3, -0.25) is 0 Å². The van der Waals surface area contributed by atoms with Crippen LogP contribution in [-0.4, -0.2) is 35.1 Å². The van der Waals surface area contributed by atoms with Gasteiger partial charge in [-0.15, -0.1) is 4.72 Å². The van der Waals surface area contributed by atoms with Crippen LogP contribution >= 0.6 is 0 Å². The molecular weight excluding hydrogens is 369 g/mol. The number of rotatable bonds is 6. The quantitative estimate of drug-likeness (QED) is 0.717. The predicted octanol–water partition coefficient (Wildman–Crippen LogP) is 3.25. The Kier molecular flexibility index (Phi) is 7.36. The van der Waals surface area contributed by atoms with Crippen molar-refractivity contribution < 1.29 is 18.5 Å². The van der Waals surface area contributed by atoms with E-state index in [0.29, 0.717) is 6.61 Å². The fraction of sp³-hybridized carbons (Fsp3) is 0.632. The van der Waals surface area contributed by atoms with Crippen molar-refractivity contribution in [1.82, 2.24) is 4.72 Å². The van der Waals surface area contributed by atoms with Gasteiger partial charge in [-0.25, -0.2) is 9.18 Å². The summed E-state index contributed by atoms with van der Waals surface area (Å²) in [7, 11) is 0. The van der Waals surface area contributed by atoms with Crippen molar-refractivity contribution in [3.63, 3.8) is 0 Å². The lowest BCUT2D eigenvalue weighted by Gasteiger charge is -2.35. The lowest BCUT2D eigenvalue weighted by molar-refractivity contribution is 0.129. The zero-order valence-electron chi connectivity index (χ0n) is 16.5. The Morgan fingerprint density at radius 3 is 2.63 bits per heavy atom. The monoisotopic (exact) mass is 399 g/mol. The minimum Gasteiger partial charge on any atom is -0.598 e. The van der Waals surface area contributed by atoms with E-state index in [1.54, 1.807) is 6.07 Å². The van der Waals surface area contributed by atoms with Gasteiger partial charge in [-0.1, -0.05) is 0 Å². The molecule has 0 saturated carbocycles. The van der Waals surface area contributed by atoms with Gasteiger partial charge in [0.25, 0.3) is 0 Å². The van der Waals surface area contributed by atoms with E-state index in [0.717, 1.165) is 37.2 Å². The molecule has 8 heteroatoms. The molecule has 1 aromatic carbocycles. The Balaban J connectivity index is 2.09. The molecule has 2 atom stereocenters. The molecule has 0 aliphatic carbocycles. The summed E-state index contributed by atoms with van der Waals surface area (Å²) in [5.41, 5.74) is 6.76. The third-order valence-corrected chi connectivity index (χ3v) is 6.39. The van der Waals surface area contributed by atoms with Crippen LogP contribution in [0.15, 0.2) is 18.2 Å². The third-order valence-electron chi connectivity index (χ3n) is 4.71. The fourth-order valence-electron chi connectivity index (χ4n) is 3.10. The molecule has 1 unspecified atom stereocenters. The first-order valence-electron chi connectivity index (χ1n) is 9.22. The number of piperidine rings is 1. The van der Waals surface area contributed by atoms with Crippen LogP contribution in [0.25, 0.3) is 0 Å². The summed E-state index contributed by atoms with van der Waals surface area (Å²) in [6.07, 6.45) is 0.977. The van der Waals surface area contributed by atoms with E-state index in [1.807, 2.05) is 27.7 Å². The molecule has 0 spiro atoms. The smallest absolute Gasteiger partial charge is 0.404 e. The third kappa shape index (κ3) is 6.26. The number of benzene rings is 1. The molecule has 1 aliphatic rings. The molecule has 0 aromatic heterocycles. The largest absolute Gasteiger partial charge is 0.598 e. The summed E-state index contributed by atoms with van der Waals surface area (Å²) in [6, 6.07) is 4.49. The van der Waals surface area contributed by atoms with Gasteiger partial charge in [0.1, 0.15) is 10.6 Å². The van der Waals surface area contributed by atoms with E-state index in [1.165, 1.54) is 12.1 Å². The zero-order chi connectivity index (χ0) is 20.2. The highest BCUT2D eigenvalue weighted by molar-refractivity contribution is 7.90. The highest BCUT2D eigenvalue weighted by Gasteiger charge is 2.30. The van der Waals surface area contributed by atoms with Gasteiger partial charge in [0.05, 0.1) is 12.6 Å². The van der Waals surface area contributed by atoms with E-state index < -0.39 is 22.2 Å². The van der Waals surface area contributed by atoms with E-state index in [2.05, 4.69) is 9.62 Å². The maximum Gasteiger partial charge on any atom is 0.404 e. The Bertz CT molecular complexity index is 646. The van der Waals surface area contributed by atoms with E-state index in [9.17, 15) is 13.7 Å². The molecule has 3 N–H and O–H groups in total. The van der Waals surface area contributed by atoms with Crippen molar-refractivity contribution in [3.8, 4) is 0 Å². The van der Waals surface area contributed by atoms with E-state index >= 15 is 0 Å². The predicted molar refractivity (Wildman–Crippen MR) is 106 cm³/mol. The fourth-order valence-corrected chi connectivity index (χ4v) is 3.90. The maximum atomic E-state index is 13.9. The number of halogens is 1. The number of amides is 1. The molecule has 0 bridgehead atoms. The highest BCUT2D eigenvalue weighted by Crippen LogP contribution is 2.32. The van der Waals surface area contributed by atoms with Gasteiger partial charge in [0.2, 0.25) is 0 Å². The van der Waals surface area contributed by atoms with Crippen molar-refractivity contribution in [3.05, 3.63) is 29.6 Å². The first kappa shape index (κ1) is 21.8. The SMILES string of the molecule is CC(N[S@+]([O-])C(C)(C)C)c1cc(F)ccc1N1CCC(COC(N)=O)CC1. The van der Waals surface area contributed by atoms with Crippen molar-refractivity contribution in [2.45, 2.75) is 51.3 Å². The molecule has 0 radical (unpaired) electrons. The number of ether oxygens (including phenoxy) is 1. The minimum atomic E-state index is -1.25. The number of carbonyl (C=O) groups excluding carboxylic acids is 1. The molecule has 6 nitrogen and oxygen atoms in total. The molecule has 2 rings (SSSR count). The summed E-state index contributed by atoms with van der Waals surface area (Å²) < 4.78 is 33.9. The number of primary amides is 1. The minimum absolute atomic E-state index is 0.258. The van der Waals surface area contributed by atoms with E-state index in [-0.39, 0.29) is 17.8 Å². The van der Waals surface area contributed by atoms with Crippen LogP contribution in [-0.2, 0) is 16.1 Å². The molecule has 1 saturated heterocycles. The number of hydrogen-bond donors (Lipinski definition) is 2. The van der Waals surface area contributed by atoms with Gasteiger partial charge in [-0.05, 0) is 70.2 Å². The molecule has 1 amide bonds. The first-order chi connectivity index (χ1) is 12.6. The van der Waals surface area contributed by atoms with Crippen LogP contribution in [0.4, 0.5) is 14.9 Å². The molecule has 152 valence electrons. The van der Waals surface area contributed by atoms with Crippen molar-refractivity contribution in [2.24, 2.45) is 11.7 Å². The molecule has 1 aliphatic heterocycles. The Morgan fingerprint density at radius 1 is 1.44 bits per heavy atom. The normalized spacial score (nSPS) is 18.2. The molecule has 1 fully saturated rings. The Labute approximate surface area is 163 Å². The summed E-state index contributed by atoms with van der Waals surface area (Å²) >= 11 is -1.25. The Morgan fingerprint density at radius 2 is 2.07 bits per heavy atom. The van der Waals surface area contributed by atoms with Crippen LogP contribution in [0, 0.1) is 11.7 Å². The lowest BCUT2D eigenvalue weighted by atomic mass is 9.96. The van der Waals surface area contributed by atoms with Crippen molar-refractivity contribution in [2.75, 3.05) is 24.6 Å². The van der Waals surface area contributed by atoms with Gasteiger partial charge < -0.3 is 19.9 Å².